The Morgan fingerprint density at radius 1 is 1.16 bits per heavy atom. The van der Waals surface area contributed by atoms with Gasteiger partial charge in [-0.25, -0.2) is 4.98 Å². The molecule has 2 rings (SSSR count). The van der Waals surface area contributed by atoms with E-state index in [1.807, 2.05) is 31.2 Å². The fraction of sp³-hybridized carbons (Fsp3) is 0.200. The summed E-state index contributed by atoms with van der Waals surface area (Å²) in [5.41, 5.74) is 3.96. The van der Waals surface area contributed by atoms with Crippen molar-refractivity contribution in [2.45, 2.75) is 13.8 Å². The Kier molecular flexibility index (Phi) is 4.68. The molecule has 0 saturated heterocycles. The van der Waals surface area contributed by atoms with E-state index in [1.54, 1.807) is 6.20 Å². The van der Waals surface area contributed by atoms with Crippen molar-refractivity contribution in [3.05, 3.63) is 63.9 Å². The molecule has 0 atom stereocenters. The van der Waals surface area contributed by atoms with E-state index < -0.39 is 0 Å². The predicted molar refractivity (Wildman–Crippen MR) is 80.4 cm³/mol. The van der Waals surface area contributed by atoms with E-state index >= 15 is 0 Å². The molecule has 0 bridgehead atoms. The molecule has 1 heterocycles. The van der Waals surface area contributed by atoms with Crippen molar-refractivity contribution in [3.63, 3.8) is 0 Å². The van der Waals surface area contributed by atoms with Crippen molar-refractivity contribution in [2.75, 3.05) is 6.61 Å². The highest BCUT2D eigenvalue weighted by Crippen LogP contribution is 2.14. The van der Waals surface area contributed by atoms with Gasteiger partial charge < -0.3 is 4.84 Å². The van der Waals surface area contributed by atoms with Gasteiger partial charge in [0.25, 0.3) is 0 Å². The number of oxime groups is 1. The molecule has 0 amide bonds. The summed E-state index contributed by atoms with van der Waals surface area (Å²) in [4.78, 5) is 9.44. The second kappa shape index (κ2) is 6.48. The first kappa shape index (κ1) is 13.7. The highest BCUT2D eigenvalue weighted by molar-refractivity contribution is 9.10. The third kappa shape index (κ3) is 3.64. The number of halogens is 1. The van der Waals surface area contributed by atoms with Crippen molar-refractivity contribution in [2.24, 2.45) is 5.16 Å². The molecule has 1 aromatic carbocycles. The Morgan fingerprint density at radius 3 is 2.42 bits per heavy atom. The summed E-state index contributed by atoms with van der Waals surface area (Å²) in [5.74, 6) is 0. The Hall–Kier alpha value is -1.68. The number of hydrogen-bond acceptors (Lipinski definition) is 3. The third-order valence-corrected chi connectivity index (χ3v) is 3.08. The summed E-state index contributed by atoms with van der Waals surface area (Å²) in [7, 11) is 0. The van der Waals surface area contributed by atoms with Gasteiger partial charge in [0.1, 0.15) is 16.9 Å². The van der Waals surface area contributed by atoms with Gasteiger partial charge in [0.05, 0.1) is 0 Å². The Morgan fingerprint density at radius 2 is 1.84 bits per heavy atom. The van der Waals surface area contributed by atoms with E-state index in [1.165, 1.54) is 5.56 Å². The monoisotopic (exact) mass is 318 g/mol. The van der Waals surface area contributed by atoms with Crippen LogP contribution in [0.1, 0.15) is 23.6 Å². The normalized spacial score (nSPS) is 11.4. The van der Waals surface area contributed by atoms with E-state index in [0.717, 1.165) is 21.4 Å². The van der Waals surface area contributed by atoms with Crippen LogP contribution in [0.4, 0.5) is 0 Å². The highest BCUT2D eigenvalue weighted by atomic mass is 79.9. The second-order valence-electron chi connectivity index (χ2n) is 4.09. The number of hydrogen-bond donors (Lipinski definition) is 0. The second-order valence-corrected chi connectivity index (χ2v) is 4.91. The van der Waals surface area contributed by atoms with Gasteiger partial charge in [-0.2, -0.15) is 0 Å². The molecule has 0 N–H and O–H groups in total. The number of aryl methyl sites for hydroxylation is 1. The van der Waals surface area contributed by atoms with Crippen LogP contribution in [0, 0.1) is 6.92 Å². The van der Waals surface area contributed by atoms with Crippen molar-refractivity contribution in [3.8, 4) is 0 Å². The zero-order valence-electron chi connectivity index (χ0n) is 10.9. The van der Waals surface area contributed by atoms with E-state index in [0.29, 0.717) is 6.61 Å². The lowest BCUT2D eigenvalue weighted by Gasteiger charge is -2.07. The molecular formula is C15H15BrN2O. The number of nitrogens with zero attached hydrogens (tertiary/aromatic N) is 2. The van der Waals surface area contributed by atoms with Gasteiger partial charge in [-0.3, -0.25) is 0 Å². The first-order chi connectivity index (χ1) is 9.20. The van der Waals surface area contributed by atoms with Crippen molar-refractivity contribution >= 4 is 21.6 Å². The molecule has 98 valence electrons. The van der Waals surface area contributed by atoms with E-state index in [9.17, 15) is 0 Å². The first-order valence-electron chi connectivity index (χ1n) is 6.09. The molecule has 1 aromatic heterocycles. The lowest BCUT2D eigenvalue weighted by Crippen LogP contribution is -2.05. The van der Waals surface area contributed by atoms with E-state index in [2.05, 4.69) is 45.1 Å². The topological polar surface area (TPSA) is 34.5 Å². The van der Waals surface area contributed by atoms with Gasteiger partial charge in [-0.05, 0) is 41.9 Å². The van der Waals surface area contributed by atoms with E-state index in [-0.39, 0.29) is 0 Å². The Balaban J connectivity index is 2.41. The fourth-order valence-electron chi connectivity index (χ4n) is 1.63. The van der Waals surface area contributed by atoms with Crippen molar-refractivity contribution < 1.29 is 4.84 Å². The maximum atomic E-state index is 5.21. The Bertz CT molecular complexity index is 514. The van der Waals surface area contributed by atoms with Crippen LogP contribution in [0.15, 0.2) is 52.4 Å². The van der Waals surface area contributed by atoms with Crippen molar-refractivity contribution in [1.82, 2.24) is 4.98 Å². The molecule has 0 aliphatic carbocycles. The largest absolute Gasteiger partial charge is 0.396 e. The Labute approximate surface area is 121 Å². The number of aromatic nitrogens is 1. The summed E-state index contributed by atoms with van der Waals surface area (Å²) < 4.78 is 0.802. The lowest BCUT2D eigenvalue weighted by atomic mass is 10.0. The average Bonchev–Trinajstić information content (AvgIpc) is 2.43. The zero-order valence-corrected chi connectivity index (χ0v) is 12.5. The maximum Gasteiger partial charge on any atom is 0.118 e. The third-order valence-electron chi connectivity index (χ3n) is 2.61. The fourth-order valence-corrected chi connectivity index (χ4v) is 1.86. The quantitative estimate of drug-likeness (QED) is 0.486. The van der Waals surface area contributed by atoms with Crippen LogP contribution in [0.3, 0.4) is 0 Å². The molecule has 0 spiro atoms. The molecule has 0 aliphatic heterocycles. The minimum absolute atomic E-state index is 0.541. The van der Waals surface area contributed by atoms with Gasteiger partial charge in [0.2, 0.25) is 0 Å². The van der Waals surface area contributed by atoms with Crippen LogP contribution in [-0.2, 0) is 4.84 Å². The van der Waals surface area contributed by atoms with Gasteiger partial charge in [0, 0.05) is 17.3 Å². The minimum Gasteiger partial charge on any atom is -0.396 e. The average molecular weight is 319 g/mol. The molecule has 0 fully saturated rings. The SMILES string of the molecule is CCON=C(c1ccc(C)cc1)c1ccc(Br)nc1. The molecule has 2 aromatic rings. The summed E-state index contributed by atoms with van der Waals surface area (Å²) in [5, 5.41) is 4.20. The molecule has 4 heteroatoms. The number of benzene rings is 1. The molecular weight excluding hydrogens is 304 g/mol. The van der Waals surface area contributed by atoms with Crippen molar-refractivity contribution in [1.29, 1.82) is 0 Å². The minimum atomic E-state index is 0.541. The van der Waals surface area contributed by atoms with Gasteiger partial charge >= 0.3 is 0 Å². The standard InChI is InChI=1S/C15H15BrN2O/c1-3-19-18-15(12-6-4-11(2)5-7-12)13-8-9-14(16)17-10-13/h4-10H,3H2,1-2H3. The predicted octanol–water partition coefficient (Wildman–Crippen LogP) is 3.94. The summed E-state index contributed by atoms with van der Waals surface area (Å²) in [6.45, 7) is 4.51. The first-order valence-corrected chi connectivity index (χ1v) is 6.89. The summed E-state index contributed by atoms with van der Waals surface area (Å²) in [6.07, 6.45) is 1.78. The van der Waals surface area contributed by atoms with Crippen LogP contribution in [0.2, 0.25) is 0 Å². The maximum absolute atomic E-state index is 5.21. The van der Waals surface area contributed by atoms with Gasteiger partial charge in [-0.1, -0.05) is 35.0 Å². The molecule has 19 heavy (non-hydrogen) atoms. The van der Waals surface area contributed by atoms with Crippen LogP contribution in [0.25, 0.3) is 0 Å². The van der Waals surface area contributed by atoms with E-state index in [4.69, 9.17) is 4.84 Å². The molecule has 0 unspecified atom stereocenters. The summed E-state index contributed by atoms with van der Waals surface area (Å²) >= 11 is 3.33. The van der Waals surface area contributed by atoms with Crippen LogP contribution in [0.5, 0.6) is 0 Å². The zero-order chi connectivity index (χ0) is 13.7. The summed E-state index contributed by atoms with van der Waals surface area (Å²) in [6, 6.07) is 12.1. The smallest absolute Gasteiger partial charge is 0.118 e. The molecule has 0 radical (unpaired) electrons. The van der Waals surface area contributed by atoms with Gasteiger partial charge in [0.15, 0.2) is 0 Å². The number of rotatable bonds is 4. The number of pyridine rings is 1. The van der Waals surface area contributed by atoms with Crippen LogP contribution in [-0.4, -0.2) is 17.3 Å². The molecule has 0 aliphatic rings. The van der Waals surface area contributed by atoms with Crippen LogP contribution >= 0.6 is 15.9 Å². The van der Waals surface area contributed by atoms with Crippen LogP contribution < -0.4 is 0 Å². The highest BCUT2D eigenvalue weighted by Gasteiger charge is 2.08. The molecule has 3 nitrogen and oxygen atoms in total. The molecule has 0 saturated carbocycles. The lowest BCUT2D eigenvalue weighted by molar-refractivity contribution is 0.159. The van der Waals surface area contributed by atoms with Gasteiger partial charge in [-0.15, -0.1) is 0 Å².